The van der Waals surface area contributed by atoms with Crippen molar-refractivity contribution in [3.8, 4) is 0 Å². The van der Waals surface area contributed by atoms with Crippen LogP contribution in [0.5, 0.6) is 0 Å². The predicted octanol–water partition coefficient (Wildman–Crippen LogP) is 3.58. The van der Waals surface area contributed by atoms with Gasteiger partial charge >= 0.3 is 0 Å². The molecule has 6 heteroatoms. The average molecular weight is 423 g/mol. The third-order valence-electron chi connectivity index (χ3n) is 6.64. The molecule has 3 aliphatic rings. The van der Waals surface area contributed by atoms with Crippen molar-refractivity contribution in [3.63, 3.8) is 0 Å². The second-order valence-electron chi connectivity index (χ2n) is 9.05. The molecule has 1 aromatic carbocycles. The summed E-state index contributed by atoms with van der Waals surface area (Å²) < 4.78 is 11.3. The number of hydrogen-bond donors (Lipinski definition) is 0. The first-order chi connectivity index (χ1) is 15.2. The molecule has 2 aliphatic carbocycles. The summed E-state index contributed by atoms with van der Waals surface area (Å²) in [6, 6.07) is 14.2. The number of amides is 2. The molecule has 3 fully saturated rings. The summed E-state index contributed by atoms with van der Waals surface area (Å²) in [5.41, 5.74) is 1.22. The maximum absolute atomic E-state index is 13.3. The molecule has 0 spiro atoms. The van der Waals surface area contributed by atoms with Crippen LogP contribution in [-0.2, 0) is 20.9 Å². The van der Waals surface area contributed by atoms with E-state index in [1.165, 1.54) is 5.56 Å². The lowest BCUT2D eigenvalue weighted by molar-refractivity contribution is -0.143. The van der Waals surface area contributed by atoms with Crippen molar-refractivity contribution in [3.05, 3.63) is 60.1 Å². The molecular weight excluding hydrogens is 392 g/mol. The summed E-state index contributed by atoms with van der Waals surface area (Å²) in [5.74, 6) is 1.16. The average Bonchev–Trinajstić information content (AvgIpc) is 3.68. The molecule has 2 amide bonds. The van der Waals surface area contributed by atoms with Gasteiger partial charge in [0, 0.05) is 25.1 Å². The van der Waals surface area contributed by atoms with E-state index in [9.17, 15) is 9.59 Å². The van der Waals surface area contributed by atoms with E-state index in [1.54, 1.807) is 11.2 Å². The first-order valence-corrected chi connectivity index (χ1v) is 11.5. The van der Waals surface area contributed by atoms with Crippen LogP contribution in [0.4, 0.5) is 0 Å². The highest BCUT2D eigenvalue weighted by atomic mass is 16.5. The molecule has 5 rings (SSSR count). The van der Waals surface area contributed by atoms with Gasteiger partial charge in [-0.2, -0.15) is 0 Å². The van der Waals surface area contributed by atoms with Gasteiger partial charge in [-0.1, -0.05) is 30.3 Å². The number of carbonyl (C=O) groups excluding carboxylic acids is 2. The molecule has 164 valence electrons. The largest absolute Gasteiger partial charge is 0.467 e. The van der Waals surface area contributed by atoms with Crippen molar-refractivity contribution in [2.75, 3.05) is 19.7 Å². The number of hydrogen-bond acceptors (Lipinski definition) is 4. The lowest BCUT2D eigenvalue weighted by atomic mass is 10.1. The summed E-state index contributed by atoms with van der Waals surface area (Å²) >= 11 is 0. The summed E-state index contributed by atoms with van der Waals surface area (Å²) in [7, 11) is 0. The van der Waals surface area contributed by atoms with Gasteiger partial charge < -0.3 is 19.0 Å². The smallest absolute Gasteiger partial charge is 0.242 e. The second-order valence-corrected chi connectivity index (χ2v) is 9.05. The van der Waals surface area contributed by atoms with Crippen molar-refractivity contribution in [1.82, 2.24) is 9.80 Å². The molecule has 31 heavy (non-hydrogen) atoms. The fourth-order valence-electron chi connectivity index (χ4n) is 4.65. The van der Waals surface area contributed by atoms with E-state index >= 15 is 0 Å². The van der Waals surface area contributed by atoms with E-state index in [0.29, 0.717) is 13.1 Å². The maximum atomic E-state index is 13.3. The lowest BCUT2D eigenvalue weighted by Gasteiger charge is -2.29. The van der Waals surface area contributed by atoms with E-state index in [-0.39, 0.29) is 42.3 Å². The Hall–Kier alpha value is -2.60. The normalized spacial score (nSPS) is 24.7. The summed E-state index contributed by atoms with van der Waals surface area (Å²) in [6.45, 7) is 1.86. The molecule has 2 aromatic rings. The zero-order valence-electron chi connectivity index (χ0n) is 17.8. The minimum absolute atomic E-state index is 0.00693. The van der Waals surface area contributed by atoms with Gasteiger partial charge in [-0.25, -0.2) is 0 Å². The number of ether oxygens (including phenoxy) is 1. The monoisotopic (exact) mass is 422 g/mol. The Kier molecular flexibility index (Phi) is 5.81. The summed E-state index contributed by atoms with van der Waals surface area (Å²) in [6.07, 6.45) is 6.55. The minimum atomic E-state index is -0.0240. The first-order valence-electron chi connectivity index (χ1n) is 11.5. The van der Waals surface area contributed by atoms with Crippen LogP contribution in [0.25, 0.3) is 0 Å². The van der Waals surface area contributed by atoms with E-state index in [0.717, 1.165) is 44.5 Å². The molecule has 6 nitrogen and oxygen atoms in total. The molecule has 0 bridgehead atoms. The summed E-state index contributed by atoms with van der Waals surface area (Å²) in [4.78, 5) is 30.3. The number of rotatable bonds is 9. The Morgan fingerprint density at radius 2 is 1.87 bits per heavy atom. The van der Waals surface area contributed by atoms with Crippen LogP contribution in [0.1, 0.15) is 49.3 Å². The standard InChI is InChI=1S/C25H30N2O4/c28-24(26(15-20-8-4-12-30-20)16-21-9-5-13-31-21)17-27(19-10-11-19)25(29)23-14-22(23)18-6-2-1-3-7-18/h1-4,6-8,12,19,21-23H,5,9-11,13-17H2/t21-,22-,23-/m0/s1. The Bertz CT molecular complexity index is 888. The minimum Gasteiger partial charge on any atom is -0.467 e. The Balaban J connectivity index is 1.25. The fourth-order valence-corrected chi connectivity index (χ4v) is 4.65. The highest BCUT2D eigenvalue weighted by Crippen LogP contribution is 2.49. The predicted molar refractivity (Wildman–Crippen MR) is 115 cm³/mol. The van der Waals surface area contributed by atoms with Gasteiger partial charge in [-0.05, 0) is 55.7 Å². The molecule has 0 unspecified atom stereocenters. The first kappa shape index (κ1) is 20.3. The topological polar surface area (TPSA) is 63.0 Å². The van der Waals surface area contributed by atoms with Crippen LogP contribution in [0.3, 0.4) is 0 Å². The van der Waals surface area contributed by atoms with Gasteiger partial charge in [0.25, 0.3) is 0 Å². The molecule has 2 saturated carbocycles. The Morgan fingerprint density at radius 3 is 2.55 bits per heavy atom. The van der Waals surface area contributed by atoms with Crippen molar-refractivity contribution in [2.45, 2.75) is 56.7 Å². The van der Waals surface area contributed by atoms with Crippen LogP contribution in [0.2, 0.25) is 0 Å². The molecule has 3 atom stereocenters. The zero-order chi connectivity index (χ0) is 21.2. The highest BCUT2D eigenvalue weighted by Gasteiger charge is 2.48. The van der Waals surface area contributed by atoms with E-state index in [4.69, 9.17) is 9.15 Å². The Morgan fingerprint density at radius 1 is 1.03 bits per heavy atom. The van der Waals surface area contributed by atoms with Crippen LogP contribution in [0, 0.1) is 5.92 Å². The van der Waals surface area contributed by atoms with Crippen LogP contribution in [0.15, 0.2) is 53.1 Å². The quantitative estimate of drug-likeness (QED) is 0.620. The molecule has 1 aromatic heterocycles. The molecule has 2 heterocycles. The van der Waals surface area contributed by atoms with Crippen molar-refractivity contribution < 1.29 is 18.7 Å². The summed E-state index contributed by atoms with van der Waals surface area (Å²) in [5, 5.41) is 0. The maximum Gasteiger partial charge on any atom is 0.242 e. The van der Waals surface area contributed by atoms with E-state index in [2.05, 4.69) is 12.1 Å². The van der Waals surface area contributed by atoms with Gasteiger partial charge in [0.15, 0.2) is 0 Å². The van der Waals surface area contributed by atoms with Gasteiger partial charge in [-0.15, -0.1) is 0 Å². The van der Waals surface area contributed by atoms with Crippen LogP contribution in [-0.4, -0.2) is 53.5 Å². The van der Waals surface area contributed by atoms with Gasteiger partial charge in [0.05, 0.1) is 18.9 Å². The number of carbonyl (C=O) groups is 2. The fraction of sp³-hybridized carbons (Fsp3) is 0.520. The van der Waals surface area contributed by atoms with Crippen molar-refractivity contribution >= 4 is 11.8 Å². The molecular formula is C25H30N2O4. The third-order valence-corrected chi connectivity index (χ3v) is 6.64. The number of nitrogens with zero attached hydrogens (tertiary/aromatic N) is 2. The number of benzene rings is 1. The highest BCUT2D eigenvalue weighted by molar-refractivity contribution is 5.88. The third kappa shape index (κ3) is 4.85. The van der Waals surface area contributed by atoms with Crippen molar-refractivity contribution in [1.29, 1.82) is 0 Å². The molecule has 0 N–H and O–H groups in total. The van der Waals surface area contributed by atoms with Crippen LogP contribution >= 0.6 is 0 Å². The van der Waals surface area contributed by atoms with Crippen molar-refractivity contribution in [2.24, 2.45) is 5.92 Å². The van der Waals surface area contributed by atoms with Gasteiger partial charge in [-0.3, -0.25) is 9.59 Å². The lowest BCUT2D eigenvalue weighted by Crippen LogP contribution is -2.46. The van der Waals surface area contributed by atoms with Gasteiger partial charge in [0.2, 0.25) is 11.8 Å². The zero-order valence-corrected chi connectivity index (χ0v) is 17.8. The Labute approximate surface area is 183 Å². The van der Waals surface area contributed by atoms with Gasteiger partial charge in [0.1, 0.15) is 12.3 Å². The second kappa shape index (κ2) is 8.87. The molecule has 1 saturated heterocycles. The van der Waals surface area contributed by atoms with E-state index in [1.807, 2.05) is 35.2 Å². The molecule has 0 radical (unpaired) electrons. The van der Waals surface area contributed by atoms with Crippen LogP contribution < -0.4 is 0 Å². The van der Waals surface area contributed by atoms with E-state index < -0.39 is 0 Å². The SMILES string of the molecule is O=C(CN(C(=O)[C@H]1C[C@H]1c1ccccc1)C1CC1)N(Cc1ccco1)C[C@@H]1CCCO1. The number of furan rings is 1. The molecule has 1 aliphatic heterocycles.